The molecule has 2 aliphatic heterocycles. The minimum atomic E-state index is -1.79. The highest BCUT2D eigenvalue weighted by atomic mass is 16.7. The van der Waals surface area contributed by atoms with Crippen LogP contribution in [0.2, 0.25) is 0 Å². The van der Waals surface area contributed by atoms with Gasteiger partial charge in [0.2, 0.25) is 5.91 Å². The van der Waals surface area contributed by atoms with E-state index in [0.29, 0.717) is 12.8 Å². The highest BCUT2D eigenvalue weighted by molar-refractivity contribution is 5.76. The third-order valence-corrected chi connectivity index (χ3v) is 13.3. The zero-order valence-corrected chi connectivity index (χ0v) is 44.8. The summed E-state index contributed by atoms with van der Waals surface area (Å²) in [5, 5.41) is 86.6. The summed E-state index contributed by atoms with van der Waals surface area (Å²) < 4.78 is 22.6. The van der Waals surface area contributed by atoms with E-state index in [1.54, 1.807) is 6.08 Å². The number of allylic oxidation sites excluding steroid dienone is 13. The Hall–Kier alpha value is -2.83. The first-order valence-corrected chi connectivity index (χ1v) is 28.3. The molecule has 9 N–H and O–H groups in total. The summed E-state index contributed by atoms with van der Waals surface area (Å²) in [5.74, 6) is -0.257. The third kappa shape index (κ3) is 30.5. The number of aliphatic hydroxyl groups is 8. The molecule has 12 unspecified atom stereocenters. The van der Waals surface area contributed by atoms with Crippen LogP contribution in [0.15, 0.2) is 85.1 Å². The van der Waals surface area contributed by atoms with Gasteiger partial charge in [0.1, 0.15) is 48.8 Å². The Morgan fingerprint density at radius 3 is 1.51 bits per heavy atom. The molecule has 14 heteroatoms. The molecule has 0 saturated carbocycles. The molecule has 2 rings (SSSR count). The van der Waals surface area contributed by atoms with Gasteiger partial charge in [0, 0.05) is 6.42 Å². The zero-order chi connectivity index (χ0) is 53.2. The minimum absolute atomic E-state index is 0.257. The van der Waals surface area contributed by atoms with E-state index >= 15 is 0 Å². The Morgan fingerprint density at radius 2 is 0.959 bits per heavy atom. The number of amides is 1. The van der Waals surface area contributed by atoms with Crippen LogP contribution in [-0.4, -0.2) is 140 Å². The van der Waals surface area contributed by atoms with Gasteiger partial charge in [-0.1, -0.05) is 195 Å². The van der Waals surface area contributed by atoms with E-state index in [1.807, 2.05) is 6.08 Å². The first-order chi connectivity index (χ1) is 35.6. The molecule has 0 aromatic heterocycles. The fraction of sp³-hybridized carbons (Fsp3) is 0.746. The Labute approximate surface area is 440 Å². The number of ether oxygens (including phenoxy) is 4. The molecule has 0 aromatic rings. The van der Waals surface area contributed by atoms with Crippen LogP contribution in [0, 0.1) is 0 Å². The van der Waals surface area contributed by atoms with Gasteiger partial charge in [-0.25, -0.2) is 0 Å². The molecule has 12 atom stereocenters. The van der Waals surface area contributed by atoms with Gasteiger partial charge in [-0.2, -0.15) is 0 Å². The van der Waals surface area contributed by atoms with E-state index in [1.165, 1.54) is 77.0 Å². The van der Waals surface area contributed by atoms with Crippen molar-refractivity contribution in [1.29, 1.82) is 0 Å². The third-order valence-electron chi connectivity index (χ3n) is 13.3. The largest absolute Gasteiger partial charge is 0.394 e. The molecule has 2 heterocycles. The monoisotopic (exact) mass is 1030 g/mol. The van der Waals surface area contributed by atoms with Gasteiger partial charge in [-0.3, -0.25) is 4.79 Å². The quantitative estimate of drug-likeness (QED) is 0.0206. The Bertz CT molecular complexity index is 1550. The van der Waals surface area contributed by atoms with Crippen LogP contribution >= 0.6 is 0 Å². The summed E-state index contributed by atoms with van der Waals surface area (Å²) in [6.45, 7) is 2.56. The normalized spacial score (nSPS) is 26.1. The molecule has 1 amide bonds. The van der Waals surface area contributed by atoms with E-state index in [9.17, 15) is 45.6 Å². The lowest BCUT2D eigenvalue weighted by Crippen LogP contribution is -2.65. The van der Waals surface area contributed by atoms with Gasteiger partial charge in [0.25, 0.3) is 0 Å². The van der Waals surface area contributed by atoms with Crippen LogP contribution in [0.3, 0.4) is 0 Å². The predicted molar refractivity (Wildman–Crippen MR) is 290 cm³/mol. The van der Waals surface area contributed by atoms with Gasteiger partial charge < -0.3 is 65.1 Å². The van der Waals surface area contributed by atoms with Crippen molar-refractivity contribution in [3.8, 4) is 0 Å². The fourth-order valence-electron chi connectivity index (χ4n) is 8.73. The number of nitrogens with one attached hydrogen (secondary N) is 1. The second kappa shape index (κ2) is 44.3. The summed E-state index contributed by atoms with van der Waals surface area (Å²) >= 11 is 0. The molecule has 14 nitrogen and oxygen atoms in total. The predicted octanol–water partition coefficient (Wildman–Crippen LogP) is 8.94. The van der Waals surface area contributed by atoms with Crippen molar-refractivity contribution in [2.45, 2.75) is 261 Å². The highest BCUT2D eigenvalue weighted by Crippen LogP contribution is 2.30. The smallest absolute Gasteiger partial charge is 0.220 e. The molecular formula is C59H101NO13. The maximum absolute atomic E-state index is 13.2. The summed E-state index contributed by atoms with van der Waals surface area (Å²) in [5.41, 5.74) is 0. The van der Waals surface area contributed by atoms with Gasteiger partial charge in [-0.05, 0) is 70.6 Å². The summed E-state index contributed by atoms with van der Waals surface area (Å²) in [6.07, 6.45) is 42.4. The van der Waals surface area contributed by atoms with Gasteiger partial charge >= 0.3 is 0 Å². The topological polar surface area (TPSA) is 228 Å². The lowest BCUT2D eigenvalue weighted by molar-refractivity contribution is -0.359. The number of hydrogen-bond acceptors (Lipinski definition) is 13. The Kier molecular flexibility index (Phi) is 40.2. The molecule has 2 saturated heterocycles. The summed E-state index contributed by atoms with van der Waals surface area (Å²) in [4.78, 5) is 13.2. The molecule has 2 aliphatic rings. The van der Waals surface area contributed by atoms with Crippen molar-refractivity contribution in [2.24, 2.45) is 0 Å². The summed E-state index contributed by atoms with van der Waals surface area (Å²) in [6, 6.07) is -0.932. The number of unbranched alkanes of at least 4 members (excludes halogenated alkanes) is 18. The van der Waals surface area contributed by atoms with Crippen molar-refractivity contribution in [1.82, 2.24) is 5.32 Å². The lowest BCUT2D eigenvalue weighted by atomic mass is 9.97. The second-order valence-corrected chi connectivity index (χ2v) is 19.7. The van der Waals surface area contributed by atoms with Crippen LogP contribution in [0.1, 0.15) is 187 Å². The van der Waals surface area contributed by atoms with Gasteiger partial charge in [0.15, 0.2) is 12.6 Å². The molecule has 0 radical (unpaired) electrons. The molecule has 420 valence electrons. The molecule has 0 spiro atoms. The minimum Gasteiger partial charge on any atom is -0.394 e. The van der Waals surface area contributed by atoms with E-state index in [2.05, 4.69) is 92.1 Å². The van der Waals surface area contributed by atoms with Crippen molar-refractivity contribution in [3.05, 3.63) is 85.1 Å². The highest BCUT2D eigenvalue weighted by Gasteiger charge is 2.51. The molecule has 0 bridgehead atoms. The fourth-order valence-corrected chi connectivity index (χ4v) is 8.73. The van der Waals surface area contributed by atoms with Crippen LogP contribution in [-0.2, 0) is 23.7 Å². The molecule has 2 fully saturated rings. The number of hydrogen-bond donors (Lipinski definition) is 9. The van der Waals surface area contributed by atoms with Gasteiger partial charge in [-0.15, -0.1) is 0 Å². The second-order valence-electron chi connectivity index (χ2n) is 19.7. The average molecular weight is 1030 g/mol. The Balaban J connectivity index is 1.63. The van der Waals surface area contributed by atoms with Crippen LogP contribution in [0.4, 0.5) is 0 Å². The maximum atomic E-state index is 13.2. The van der Waals surface area contributed by atoms with Crippen LogP contribution in [0.5, 0.6) is 0 Å². The zero-order valence-electron chi connectivity index (χ0n) is 44.8. The molecular weight excluding hydrogens is 931 g/mol. The molecule has 0 aliphatic carbocycles. The average Bonchev–Trinajstić information content (AvgIpc) is 3.39. The summed E-state index contributed by atoms with van der Waals surface area (Å²) in [7, 11) is 0. The Morgan fingerprint density at radius 1 is 0.507 bits per heavy atom. The number of carbonyl (C=O) groups is 1. The van der Waals surface area contributed by atoms with Crippen molar-refractivity contribution in [2.75, 3.05) is 19.8 Å². The van der Waals surface area contributed by atoms with Crippen LogP contribution in [0.25, 0.3) is 0 Å². The van der Waals surface area contributed by atoms with Crippen molar-refractivity contribution in [3.63, 3.8) is 0 Å². The number of aliphatic hydroxyl groups excluding tert-OH is 8. The van der Waals surface area contributed by atoms with Crippen LogP contribution < -0.4 is 5.32 Å². The number of rotatable bonds is 43. The number of carbonyl (C=O) groups excluding carboxylic acids is 1. The first kappa shape index (κ1) is 66.3. The van der Waals surface area contributed by atoms with Gasteiger partial charge in [0.05, 0.1) is 32.0 Å². The standard InChI is InChI=1S/C59H101NO13/c1-3-5-7-9-11-13-14-15-16-17-18-19-20-21-22-23-24-25-26-27-28-29-30-31-32-33-34-35-37-39-41-43-51(64)60-47(48(63)42-40-38-36-12-10-8-6-4-2)46-70-58-56(69)54(67)57(50(45-62)72-58)73-59-55(68)53(66)52(65)49(44-61)71-59/h5,7,10-13,15-16,18-19,21-22,40,42,47-50,52-59,61-63,65-69H,3-4,6,8-9,14,17,20,23-39,41,43-46H2,1-2H3,(H,60,64)/b7-5-,12-10+,13-11-,16-15-,19-18-,22-21-,42-40+. The van der Waals surface area contributed by atoms with Crippen molar-refractivity contribution >= 4 is 5.91 Å². The molecule has 0 aromatic carbocycles. The maximum Gasteiger partial charge on any atom is 0.220 e. The SMILES string of the molecule is CC/C=C\C/C=C\C/C=C\C/C=C\C/C=C\CCCCCCCCCCCCCCCCCC(=O)NC(COC1OC(CO)C(OC2OC(CO)C(O)C(O)C2O)C(O)C1O)C(O)/C=C/CC/C=C/CCCC. The first-order valence-electron chi connectivity index (χ1n) is 28.3. The van der Waals surface area contributed by atoms with E-state index < -0.39 is 86.8 Å². The van der Waals surface area contributed by atoms with E-state index in [-0.39, 0.29) is 18.9 Å². The van der Waals surface area contributed by atoms with E-state index in [4.69, 9.17) is 18.9 Å². The van der Waals surface area contributed by atoms with E-state index in [0.717, 1.165) is 77.0 Å². The lowest BCUT2D eigenvalue weighted by Gasteiger charge is -2.46. The molecule has 73 heavy (non-hydrogen) atoms. The van der Waals surface area contributed by atoms with Crippen molar-refractivity contribution < 1.29 is 64.6 Å².